The summed E-state index contributed by atoms with van der Waals surface area (Å²) in [4.78, 5) is 11.5. The Labute approximate surface area is 129 Å². The minimum absolute atomic E-state index is 0.158. The van der Waals surface area contributed by atoms with Gasteiger partial charge in [-0.3, -0.25) is 4.79 Å². The van der Waals surface area contributed by atoms with Crippen molar-refractivity contribution in [2.24, 2.45) is 0 Å². The van der Waals surface area contributed by atoms with Gasteiger partial charge in [0.05, 0.1) is 5.75 Å². The highest BCUT2D eigenvalue weighted by Gasteiger charge is 2.15. The van der Waals surface area contributed by atoms with Gasteiger partial charge in [-0.15, -0.1) is 11.8 Å². The lowest BCUT2D eigenvalue weighted by atomic mass is 10.2. The van der Waals surface area contributed by atoms with Crippen molar-refractivity contribution in [2.75, 3.05) is 5.75 Å². The van der Waals surface area contributed by atoms with Crippen LogP contribution in [-0.4, -0.2) is 17.3 Å². The second-order valence-corrected chi connectivity index (χ2v) is 6.51. The van der Waals surface area contributed by atoms with Gasteiger partial charge >= 0.3 is 5.97 Å². The Hall–Kier alpha value is -0.480. The van der Waals surface area contributed by atoms with Crippen LogP contribution in [-0.2, 0) is 15.3 Å². The van der Waals surface area contributed by atoms with E-state index >= 15 is 0 Å². The second kappa shape index (κ2) is 9.43. The van der Waals surface area contributed by atoms with Gasteiger partial charge in [0.2, 0.25) is 0 Å². The number of ether oxygens (including phenoxy) is 1. The topological polar surface area (TPSA) is 26.3 Å². The third-order valence-corrected chi connectivity index (χ3v) is 3.58. The summed E-state index contributed by atoms with van der Waals surface area (Å²) in [5.41, 5.74) is 0.798. The number of hydrogen-bond donors (Lipinski definition) is 0. The van der Waals surface area contributed by atoms with E-state index in [4.69, 9.17) is 4.74 Å². The Kier molecular flexibility index (Phi) is 9.19. The van der Waals surface area contributed by atoms with Crippen molar-refractivity contribution in [1.82, 2.24) is 0 Å². The highest BCUT2D eigenvalue weighted by atomic mass is 79.9. The zero-order chi connectivity index (χ0) is 14.9. The summed E-state index contributed by atoms with van der Waals surface area (Å²) in [5, 5.41) is 0. The molecule has 0 unspecified atom stereocenters. The van der Waals surface area contributed by atoms with Crippen LogP contribution in [0.5, 0.6) is 0 Å². The molecule has 108 valence electrons. The predicted octanol–water partition coefficient (Wildman–Crippen LogP) is 5.05. The molecule has 0 atom stereocenters. The fourth-order valence-corrected chi connectivity index (χ4v) is 2.64. The fourth-order valence-electron chi connectivity index (χ4n) is 1.23. The van der Waals surface area contributed by atoms with Crippen molar-refractivity contribution in [1.29, 1.82) is 0 Å². The molecule has 0 spiro atoms. The lowest BCUT2D eigenvalue weighted by Crippen LogP contribution is -2.24. The summed E-state index contributed by atoms with van der Waals surface area (Å²) < 4.78 is 6.31. The standard InChI is InChI=1S/C13H17BrO2S.C2H6/c1-13(2,3)16-12(15)9-17-8-10-6-4-5-7-11(10)14;1-2/h4-7H,8-9H2,1-3H3;1-2H3. The maximum atomic E-state index is 11.5. The van der Waals surface area contributed by atoms with E-state index < -0.39 is 5.60 Å². The van der Waals surface area contributed by atoms with Crippen molar-refractivity contribution in [3.05, 3.63) is 34.3 Å². The van der Waals surface area contributed by atoms with Crippen LogP contribution in [0.1, 0.15) is 40.2 Å². The number of rotatable bonds is 4. The Balaban J connectivity index is 0.00000154. The Morgan fingerprint density at radius 1 is 1.26 bits per heavy atom. The summed E-state index contributed by atoms with van der Waals surface area (Å²) in [6.45, 7) is 9.63. The zero-order valence-electron chi connectivity index (χ0n) is 12.3. The van der Waals surface area contributed by atoms with Crippen LogP contribution in [0.15, 0.2) is 28.7 Å². The van der Waals surface area contributed by atoms with E-state index in [2.05, 4.69) is 15.9 Å². The molecule has 1 rings (SSSR count). The van der Waals surface area contributed by atoms with Gasteiger partial charge in [-0.1, -0.05) is 48.0 Å². The van der Waals surface area contributed by atoms with Gasteiger partial charge in [-0.25, -0.2) is 0 Å². The molecule has 0 saturated heterocycles. The van der Waals surface area contributed by atoms with E-state index in [0.717, 1.165) is 10.2 Å². The van der Waals surface area contributed by atoms with Gasteiger partial charge in [-0.05, 0) is 32.4 Å². The number of carbonyl (C=O) groups is 1. The summed E-state index contributed by atoms with van der Waals surface area (Å²) in [6.07, 6.45) is 0. The van der Waals surface area contributed by atoms with Gasteiger partial charge in [0.15, 0.2) is 0 Å². The highest BCUT2D eigenvalue weighted by molar-refractivity contribution is 9.10. The number of carbonyl (C=O) groups excluding carboxylic acids is 1. The molecule has 0 N–H and O–H groups in total. The molecule has 1 aromatic carbocycles. The zero-order valence-corrected chi connectivity index (χ0v) is 14.7. The van der Waals surface area contributed by atoms with E-state index in [1.165, 1.54) is 5.56 Å². The average molecular weight is 347 g/mol. The molecule has 0 saturated carbocycles. The number of halogens is 1. The Morgan fingerprint density at radius 2 is 1.84 bits per heavy atom. The molecule has 0 heterocycles. The van der Waals surface area contributed by atoms with Crippen LogP contribution >= 0.6 is 27.7 Å². The van der Waals surface area contributed by atoms with Crippen LogP contribution in [0.4, 0.5) is 0 Å². The summed E-state index contributed by atoms with van der Waals surface area (Å²) in [7, 11) is 0. The first kappa shape index (κ1) is 18.5. The largest absolute Gasteiger partial charge is 0.459 e. The Bertz CT molecular complexity index is 386. The predicted molar refractivity (Wildman–Crippen MR) is 87.5 cm³/mol. The molecule has 2 nitrogen and oxygen atoms in total. The lowest BCUT2D eigenvalue weighted by Gasteiger charge is -2.19. The molecule has 0 aromatic heterocycles. The van der Waals surface area contributed by atoms with Crippen molar-refractivity contribution < 1.29 is 9.53 Å². The molecule has 0 bridgehead atoms. The molecular formula is C15H23BrO2S. The number of benzene rings is 1. The molecule has 0 aliphatic rings. The highest BCUT2D eigenvalue weighted by Crippen LogP contribution is 2.21. The van der Waals surface area contributed by atoms with Gasteiger partial charge in [0.25, 0.3) is 0 Å². The van der Waals surface area contributed by atoms with Gasteiger partial charge in [-0.2, -0.15) is 0 Å². The van der Waals surface area contributed by atoms with E-state index in [0.29, 0.717) is 5.75 Å². The first-order valence-corrected chi connectivity index (χ1v) is 8.36. The first-order chi connectivity index (χ1) is 8.88. The lowest BCUT2D eigenvalue weighted by molar-refractivity contribution is -0.151. The van der Waals surface area contributed by atoms with Crippen LogP contribution in [0.3, 0.4) is 0 Å². The van der Waals surface area contributed by atoms with E-state index in [-0.39, 0.29) is 5.97 Å². The number of esters is 1. The van der Waals surface area contributed by atoms with E-state index in [1.807, 2.05) is 58.9 Å². The average Bonchev–Trinajstić information content (AvgIpc) is 2.32. The maximum Gasteiger partial charge on any atom is 0.316 e. The van der Waals surface area contributed by atoms with E-state index in [9.17, 15) is 4.79 Å². The minimum Gasteiger partial charge on any atom is -0.459 e. The number of hydrogen-bond acceptors (Lipinski definition) is 3. The van der Waals surface area contributed by atoms with Gasteiger partial charge in [0.1, 0.15) is 5.60 Å². The molecule has 4 heteroatoms. The summed E-state index contributed by atoms with van der Waals surface area (Å²) in [5.74, 6) is 1.04. The molecule has 0 amide bonds. The fraction of sp³-hybridized carbons (Fsp3) is 0.533. The van der Waals surface area contributed by atoms with Crippen molar-refractivity contribution in [3.8, 4) is 0 Å². The third-order valence-electron chi connectivity index (χ3n) is 1.86. The quantitative estimate of drug-likeness (QED) is 0.713. The molecule has 0 fully saturated rings. The smallest absolute Gasteiger partial charge is 0.316 e. The monoisotopic (exact) mass is 346 g/mol. The number of thioether (sulfide) groups is 1. The van der Waals surface area contributed by atoms with Crippen LogP contribution in [0.25, 0.3) is 0 Å². The van der Waals surface area contributed by atoms with Crippen LogP contribution in [0.2, 0.25) is 0 Å². The third kappa shape index (κ3) is 9.11. The molecule has 1 aromatic rings. The van der Waals surface area contributed by atoms with Gasteiger partial charge in [0, 0.05) is 10.2 Å². The second-order valence-electron chi connectivity index (χ2n) is 4.67. The molecule has 0 aliphatic heterocycles. The molecule has 0 aliphatic carbocycles. The summed E-state index contributed by atoms with van der Waals surface area (Å²) >= 11 is 5.05. The molecule has 0 radical (unpaired) electrons. The van der Waals surface area contributed by atoms with Crippen LogP contribution < -0.4 is 0 Å². The summed E-state index contributed by atoms with van der Waals surface area (Å²) in [6, 6.07) is 8.02. The minimum atomic E-state index is -0.398. The van der Waals surface area contributed by atoms with Crippen LogP contribution in [0, 0.1) is 0 Å². The van der Waals surface area contributed by atoms with E-state index in [1.54, 1.807) is 11.8 Å². The van der Waals surface area contributed by atoms with Gasteiger partial charge < -0.3 is 4.74 Å². The van der Waals surface area contributed by atoms with Crippen molar-refractivity contribution in [3.63, 3.8) is 0 Å². The normalized spacial score (nSPS) is 10.4. The van der Waals surface area contributed by atoms with Crippen molar-refractivity contribution >= 4 is 33.7 Å². The first-order valence-electron chi connectivity index (χ1n) is 6.41. The van der Waals surface area contributed by atoms with Crippen molar-refractivity contribution in [2.45, 2.75) is 46.0 Å². The SMILES string of the molecule is CC.CC(C)(C)OC(=O)CSCc1ccccc1Br. The molecule has 19 heavy (non-hydrogen) atoms. The molecular weight excluding hydrogens is 324 g/mol. The Morgan fingerprint density at radius 3 is 2.37 bits per heavy atom. The maximum absolute atomic E-state index is 11.5.